The van der Waals surface area contributed by atoms with Crippen LogP contribution in [0.4, 0.5) is 5.69 Å². The van der Waals surface area contributed by atoms with Crippen LogP contribution in [0.25, 0.3) is 0 Å². The zero-order chi connectivity index (χ0) is 15.6. The third-order valence-corrected chi connectivity index (χ3v) is 4.31. The predicted molar refractivity (Wildman–Crippen MR) is 87.1 cm³/mol. The second kappa shape index (κ2) is 6.47. The molecule has 0 aliphatic heterocycles. The van der Waals surface area contributed by atoms with Crippen LogP contribution in [0.3, 0.4) is 0 Å². The molecule has 2 aromatic carbocycles. The molecule has 0 radical (unpaired) electrons. The van der Waals surface area contributed by atoms with Gasteiger partial charge in [0, 0.05) is 10.2 Å². The van der Waals surface area contributed by atoms with Gasteiger partial charge in [-0.2, -0.15) is 0 Å². The van der Waals surface area contributed by atoms with Crippen molar-refractivity contribution in [1.82, 2.24) is 0 Å². The molecule has 2 amide bonds. The van der Waals surface area contributed by atoms with Crippen molar-refractivity contribution >= 4 is 56.6 Å². The molecule has 0 bridgehead atoms. The van der Waals surface area contributed by atoms with Gasteiger partial charge >= 0.3 is 0 Å². The van der Waals surface area contributed by atoms with Gasteiger partial charge in [-0.25, -0.2) is 0 Å². The molecule has 2 aromatic rings. The lowest BCUT2D eigenvalue weighted by molar-refractivity contribution is 0.0996. The number of hydrogen-bond acceptors (Lipinski definition) is 2. The van der Waals surface area contributed by atoms with Crippen molar-refractivity contribution in [3.63, 3.8) is 0 Å². The van der Waals surface area contributed by atoms with Gasteiger partial charge in [0.05, 0.1) is 21.2 Å². The molecule has 3 N–H and O–H groups in total. The van der Waals surface area contributed by atoms with Gasteiger partial charge in [0.25, 0.3) is 5.91 Å². The normalized spacial score (nSPS) is 10.2. The maximum atomic E-state index is 12.2. The minimum absolute atomic E-state index is 0.134. The first-order valence-electron chi connectivity index (χ1n) is 5.75. The van der Waals surface area contributed by atoms with Crippen molar-refractivity contribution in [3.05, 3.63) is 62.0 Å². The summed E-state index contributed by atoms with van der Waals surface area (Å²) in [5.74, 6) is -1.07. The van der Waals surface area contributed by atoms with E-state index in [-0.39, 0.29) is 10.6 Å². The summed E-state index contributed by atoms with van der Waals surface area (Å²) >= 11 is 15.2. The van der Waals surface area contributed by atoms with E-state index in [1.807, 2.05) is 0 Å². The number of nitrogens with one attached hydrogen (secondary N) is 1. The third-order valence-electron chi connectivity index (χ3n) is 2.69. The van der Waals surface area contributed by atoms with Crippen LogP contribution in [0.1, 0.15) is 20.7 Å². The minimum Gasteiger partial charge on any atom is -0.366 e. The number of benzene rings is 2. The molecule has 0 aliphatic rings. The molecule has 0 saturated carbocycles. The molecular weight excluding hydrogens is 379 g/mol. The number of carbonyl (C=O) groups is 2. The summed E-state index contributed by atoms with van der Waals surface area (Å²) in [5, 5.41) is 3.17. The van der Waals surface area contributed by atoms with Crippen molar-refractivity contribution in [2.45, 2.75) is 0 Å². The summed E-state index contributed by atoms with van der Waals surface area (Å²) in [6, 6.07) is 9.48. The van der Waals surface area contributed by atoms with Crippen LogP contribution in [-0.4, -0.2) is 11.8 Å². The summed E-state index contributed by atoms with van der Waals surface area (Å²) in [5.41, 5.74) is 6.04. The maximum Gasteiger partial charge on any atom is 0.257 e. The van der Waals surface area contributed by atoms with Gasteiger partial charge in [-0.05, 0) is 46.3 Å². The topological polar surface area (TPSA) is 72.2 Å². The largest absolute Gasteiger partial charge is 0.366 e. The summed E-state index contributed by atoms with van der Waals surface area (Å²) in [4.78, 5) is 23.4. The van der Waals surface area contributed by atoms with Gasteiger partial charge in [0.2, 0.25) is 5.91 Å². The Morgan fingerprint density at radius 1 is 1.10 bits per heavy atom. The Kier molecular flexibility index (Phi) is 4.88. The number of halogens is 3. The lowest BCUT2D eigenvalue weighted by Crippen LogP contribution is -2.15. The van der Waals surface area contributed by atoms with Gasteiger partial charge in [-0.15, -0.1) is 0 Å². The van der Waals surface area contributed by atoms with Crippen molar-refractivity contribution in [2.75, 3.05) is 5.32 Å². The molecule has 7 heteroatoms. The first kappa shape index (κ1) is 15.8. The van der Waals surface area contributed by atoms with Crippen LogP contribution in [0.2, 0.25) is 10.0 Å². The quantitative estimate of drug-likeness (QED) is 0.831. The average molecular weight is 388 g/mol. The third kappa shape index (κ3) is 3.56. The molecule has 0 aliphatic carbocycles. The number of carbonyl (C=O) groups excluding carboxylic acids is 2. The van der Waals surface area contributed by atoms with Gasteiger partial charge in [-0.3, -0.25) is 9.59 Å². The molecule has 21 heavy (non-hydrogen) atoms. The fourth-order valence-corrected chi connectivity index (χ4v) is 2.46. The standard InChI is InChI=1S/C14H9BrCl2N2O2/c15-10-3-1-2-8(12(10)17)14(21)19-7-4-5-11(16)9(6-7)13(18)20/h1-6H,(H2,18,20)(H,19,21). The number of hydrogen-bond donors (Lipinski definition) is 2. The van der Waals surface area contributed by atoms with E-state index in [1.54, 1.807) is 24.3 Å². The second-order valence-electron chi connectivity index (χ2n) is 4.11. The van der Waals surface area contributed by atoms with Crippen molar-refractivity contribution in [1.29, 1.82) is 0 Å². The molecule has 0 unspecified atom stereocenters. The molecule has 108 valence electrons. The van der Waals surface area contributed by atoms with Crippen molar-refractivity contribution in [2.24, 2.45) is 5.73 Å². The highest BCUT2D eigenvalue weighted by atomic mass is 79.9. The van der Waals surface area contributed by atoms with Crippen LogP contribution in [0.5, 0.6) is 0 Å². The number of rotatable bonds is 3. The summed E-state index contributed by atoms with van der Waals surface area (Å²) in [6.07, 6.45) is 0. The molecule has 0 atom stereocenters. The second-order valence-corrected chi connectivity index (χ2v) is 5.75. The average Bonchev–Trinajstić information content (AvgIpc) is 2.43. The molecule has 0 saturated heterocycles. The van der Waals surface area contributed by atoms with E-state index in [1.165, 1.54) is 12.1 Å². The molecular formula is C14H9BrCl2N2O2. The van der Waals surface area contributed by atoms with Crippen LogP contribution in [-0.2, 0) is 0 Å². The smallest absolute Gasteiger partial charge is 0.257 e. The van der Waals surface area contributed by atoms with Crippen LogP contribution < -0.4 is 11.1 Å². The van der Waals surface area contributed by atoms with Gasteiger partial charge in [0.15, 0.2) is 0 Å². The number of amides is 2. The predicted octanol–water partition coefficient (Wildman–Crippen LogP) is 4.11. The van der Waals surface area contributed by atoms with E-state index in [4.69, 9.17) is 28.9 Å². The van der Waals surface area contributed by atoms with E-state index in [2.05, 4.69) is 21.2 Å². The fraction of sp³-hybridized carbons (Fsp3) is 0. The number of nitrogens with two attached hydrogens (primary N) is 1. The Hall–Kier alpha value is -1.56. The number of primary amides is 1. The van der Waals surface area contributed by atoms with Crippen molar-refractivity contribution in [3.8, 4) is 0 Å². The maximum absolute atomic E-state index is 12.2. The lowest BCUT2D eigenvalue weighted by atomic mass is 10.1. The fourth-order valence-electron chi connectivity index (χ4n) is 1.67. The highest BCUT2D eigenvalue weighted by Crippen LogP contribution is 2.27. The Balaban J connectivity index is 2.30. The zero-order valence-corrected chi connectivity index (χ0v) is 13.6. The summed E-state index contributed by atoms with van der Waals surface area (Å²) in [7, 11) is 0. The molecule has 0 aromatic heterocycles. The Labute approximate surface area is 139 Å². The Morgan fingerprint density at radius 2 is 1.81 bits per heavy atom. The zero-order valence-electron chi connectivity index (χ0n) is 10.5. The van der Waals surface area contributed by atoms with Crippen LogP contribution in [0.15, 0.2) is 40.9 Å². The minimum atomic E-state index is -0.670. The molecule has 0 heterocycles. The van der Waals surface area contributed by atoms with Crippen LogP contribution >= 0.6 is 39.1 Å². The van der Waals surface area contributed by atoms with E-state index in [0.717, 1.165) is 0 Å². The van der Waals surface area contributed by atoms with Crippen LogP contribution in [0, 0.1) is 0 Å². The number of anilines is 1. The van der Waals surface area contributed by atoms with E-state index < -0.39 is 11.8 Å². The molecule has 4 nitrogen and oxygen atoms in total. The monoisotopic (exact) mass is 386 g/mol. The Morgan fingerprint density at radius 3 is 2.48 bits per heavy atom. The van der Waals surface area contributed by atoms with E-state index in [9.17, 15) is 9.59 Å². The summed E-state index contributed by atoms with van der Waals surface area (Å²) < 4.78 is 0.616. The van der Waals surface area contributed by atoms with Gasteiger partial charge in [-0.1, -0.05) is 29.3 Å². The van der Waals surface area contributed by atoms with Gasteiger partial charge in [0.1, 0.15) is 0 Å². The highest BCUT2D eigenvalue weighted by molar-refractivity contribution is 9.10. The van der Waals surface area contributed by atoms with E-state index in [0.29, 0.717) is 20.7 Å². The van der Waals surface area contributed by atoms with Gasteiger partial charge < -0.3 is 11.1 Å². The van der Waals surface area contributed by atoms with E-state index >= 15 is 0 Å². The SMILES string of the molecule is NC(=O)c1cc(NC(=O)c2cccc(Br)c2Cl)ccc1Cl. The molecule has 0 fully saturated rings. The first-order chi connectivity index (χ1) is 9.90. The summed E-state index contributed by atoms with van der Waals surface area (Å²) in [6.45, 7) is 0. The lowest BCUT2D eigenvalue weighted by Gasteiger charge is -2.09. The Bertz CT molecular complexity index is 735. The molecule has 0 spiro atoms. The first-order valence-corrected chi connectivity index (χ1v) is 7.29. The molecule has 2 rings (SSSR count). The highest BCUT2D eigenvalue weighted by Gasteiger charge is 2.14. The van der Waals surface area contributed by atoms with Crippen molar-refractivity contribution < 1.29 is 9.59 Å².